The van der Waals surface area contributed by atoms with Gasteiger partial charge in [0.2, 0.25) is 0 Å². The van der Waals surface area contributed by atoms with Crippen LogP contribution in [0.25, 0.3) is 0 Å². The minimum absolute atomic E-state index is 0.934. The van der Waals surface area contributed by atoms with Gasteiger partial charge in [0.25, 0.3) is 0 Å². The summed E-state index contributed by atoms with van der Waals surface area (Å²) in [5.41, 5.74) is 0. The molecular weight excluding hydrogens is 124 g/mol. The highest BCUT2D eigenvalue weighted by molar-refractivity contribution is 5.55. The molecule has 0 aliphatic carbocycles. The molecule has 0 aromatic heterocycles. The molecular formula is C8H16N2. The molecule has 0 aliphatic rings. The van der Waals surface area contributed by atoms with Gasteiger partial charge in [-0.05, 0) is 26.3 Å². The van der Waals surface area contributed by atoms with Crippen molar-refractivity contribution < 1.29 is 0 Å². The molecule has 2 nitrogen and oxygen atoms in total. The van der Waals surface area contributed by atoms with E-state index in [1.165, 1.54) is 0 Å². The lowest BCUT2D eigenvalue weighted by Crippen LogP contribution is -2.10. The molecule has 0 aromatic rings. The van der Waals surface area contributed by atoms with E-state index < -0.39 is 0 Å². The predicted molar refractivity (Wildman–Crippen MR) is 46.2 cm³/mol. The van der Waals surface area contributed by atoms with Crippen LogP contribution < -0.4 is 5.32 Å². The molecule has 58 valence electrons. The molecule has 0 amide bonds. The van der Waals surface area contributed by atoms with E-state index in [9.17, 15) is 0 Å². The summed E-state index contributed by atoms with van der Waals surface area (Å²) in [4.78, 5) is 4.13. The van der Waals surface area contributed by atoms with Crippen molar-refractivity contribution in [2.75, 3.05) is 6.54 Å². The molecule has 0 fully saturated rings. The molecule has 1 N–H and O–H groups in total. The lowest BCUT2D eigenvalue weighted by molar-refractivity contribution is 0.833. The van der Waals surface area contributed by atoms with Crippen LogP contribution >= 0.6 is 0 Å². The minimum atomic E-state index is 0.934. The van der Waals surface area contributed by atoms with Crippen LogP contribution in [0.5, 0.6) is 0 Å². The summed E-state index contributed by atoms with van der Waals surface area (Å²) in [6.07, 6.45) is 4.90. The first-order valence-corrected chi connectivity index (χ1v) is 3.77. The van der Waals surface area contributed by atoms with Crippen molar-refractivity contribution in [1.29, 1.82) is 0 Å². The monoisotopic (exact) mass is 140 g/mol. The summed E-state index contributed by atoms with van der Waals surface area (Å²) in [6, 6.07) is 0. The lowest BCUT2D eigenvalue weighted by atomic mass is 10.4. The Morgan fingerprint density at radius 1 is 1.50 bits per heavy atom. The zero-order chi connectivity index (χ0) is 7.82. The normalized spacial score (nSPS) is 12.5. The fraction of sp³-hybridized carbons (Fsp3) is 0.625. The van der Waals surface area contributed by atoms with Crippen LogP contribution in [-0.2, 0) is 0 Å². The largest absolute Gasteiger partial charge is 0.371 e. The average molecular weight is 140 g/mol. The Morgan fingerprint density at radius 2 is 2.20 bits per heavy atom. The SMILES string of the molecule is C/C=N\C(=C/CC)NCC. The Balaban J connectivity index is 3.84. The summed E-state index contributed by atoms with van der Waals surface area (Å²) in [5, 5.41) is 3.15. The molecule has 0 unspecified atom stereocenters. The maximum absolute atomic E-state index is 4.13. The Labute approximate surface area is 63.0 Å². The van der Waals surface area contributed by atoms with Gasteiger partial charge in [0.15, 0.2) is 0 Å². The predicted octanol–water partition coefficient (Wildman–Crippen LogP) is 1.94. The molecule has 0 aromatic carbocycles. The number of allylic oxidation sites excluding steroid dienone is 1. The van der Waals surface area contributed by atoms with Crippen molar-refractivity contribution in [2.45, 2.75) is 27.2 Å². The van der Waals surface area contributed by atoms with E-state index in [1.807, 2.05) is 6.92 Å². The van der Waals surface area contributed by atoms with Gasteiger partial charge >= 0.3 is 0 Å². The Morgan fingerprint density at radius 3 is 2.60 bits per heavy atom. The van der Waals surface area contributed by atoms with Crippen molar-refractivity contribution in [2.24, 2.45) is 4.99 Å². The third-order valence-electron chi connectivity index (χ3n) is 1.02. The second kappa shape index (κ2) is 6.33. The smallest absolute Gasteiger partial charge is 0.121 e. The Hall–Kier alpha value is -0.790. The highest BCUT2D eigenvalue weighted by Gasteiger charge is 1.85. The Kier molecular flexibility index (Phi) is 5.83. The first kappa shape index (κ1) is 9.21. The molecule has 0 rings (SSSR count). The highest BCUT2D eigenvalue weighted by atomic mass is 15.0. The summed E-state index contributed by atoms with van der Waals surface area (Å²) < 4.78 is 0. The molecule has 2 heteroatoms. The minimum Gasteiger partial charge on any atom is -0.371 e. The van der Waals surface area contributed by atoms with Gasteiger partial charge in [-0.15, -0.1) is 0 Å². The third kappa shape index (κ3) is 4.13. The van der Waals surface area contributed by atoms with Crippen molar-refractivity contribution in [3.63, 3.8) is 0 Å². The van der Waals surface area contributed by atoms with Crippen molar-refractivity contribution in [3.05, 3.63) is 11.9 Å². The van der Waals surface area contributed by atoms with Crippen molar-refractivity contribution >= 4 is 6.21 Å². The average Bonchev–Trinajstić information content (AvgIpc) is 1.90. The number of aliphatic imine (C=N–C) groups is 1. The van der Waals surface area contributed by atoms with E-state index >= 15 is 0 Å². The second-order valence-corrected chi connectivity index (χ2v) is 1.92. The van der Waals surface area contributed by atoms with Crippen LogP contribution in [0.3, 0.4) is 0 Å². The Bertz CT molecular complexity index is 125. The first-order valence-electron chi connectivity index (χ1n) is 3.77. The molecule has 0 aliphatic heterocycles. The van der Waals surface area contributed by atoms with Crippen LogP contribution in [0.15, 0.2) is 16.9 Å². The summed E-state index contributed by atoms with van der Waals surface area (Å²) in [5.74, 6) is 0.979. The van der Waals surface area contributed by atoms with Gasteiger partial charge in [0, 0.05) is 12.8 Å². The molecule has 0 radical (unpaired) electrons. The third-order valence-corrected chi connectivity index (χ3v) is 1.02. The van der Waals surface area contributed by atoms with Gasteiger partial charge in [-0.3, -0.25) is 0 Å². The summed E-state index contributed by atoms with van der Waals surface area (Å²) in [7, 11) is 0. The van der Waals surface area contributed by atoms with Crippen LogP contribution in [0, 0.1) is 0 Å². The number of hydrogen-bond acceptors (Lipinski definition) is 2. The fourth-order valence-corrected chi connectivity index (χ4v) is 0.684. The van der Waals surface area contributed by atoms with Crippen LogP contribution in [0.4, 0.5) is 0 Å². The summed E-state index contributed by atoms with van der Waals surface area (Å²) >= 11 is 0. The van der Waals surface area contributed by atoms with E-state index in [1.54, 1.807) is 6.21 Å². The zero-order valence-corrected chi connectivity index (χ0v) is 7.02. The van der Waals surface area contributed by atoms with Crippen molar-refractivity contribution in [1.82, 2.24) is 5.32 Å². The molecule has 10 heavy (non-hydrogen) atoms. The van der Waals surface area contributed by atoms with Crippen LogP contribution in [0.2, 0.25) is 0 Å². The van der Waals surface area contributed by atoms with Gasteiger partial charge < -0.3 is 5.32 Å². The standard InChI is InChI=1S/C8H16N2/c1-4-7-8(9-5-2)10-6-3/h5,7,10H,4,6H2,1-3H3/b8-7+,9-5-. The highest BCUT2D eigenvalue weighted by Crippen LogP contribution is 1.91. The number of rotatable bonds is 4. The van der Waals surface area contributed by atoms with E-state index in [-0.39, 0.29) is 0 Å². The van der Waals surface area contributed by atoms with Gasteiger partial charge in [0.1, 0.15) is 5.82 Å². The van der Waals surface area contributed by atoms with Gasteiger partial charge in [0.05, 0.1) is 0 Å². The molecule has 0 saturated carbocycles. The quantitative estimate of drug-likeness (QED) is 0.593. The number of hydrogen-bond donors (Lipinski definition) is 1. The van der Waals surface area contributed by atoms with Gasteiger partial charge in [-0.2, -0.15) is 0 Å². The van der Waals surface area contributed by atoms with E-state index in [0.717, 1.165) is 18.8 Å². The summed E-state index contributed by atoms with van der Waals surface area (Å²) in [6.45, 7) is 7.02. The maximum Gasteiger partial charge on any atom is 0.121 e. The fourth-order valence-electron chi connectivity index (χ4n) is 0.684. The first-order chi connectivity index (χ1) is 4.85. The topological polar surface area (TPSA) is 24.4 Å². The van der Waals surface area contributed by atoms with E-state index in [2.05, 4.69) is 30.2 Å². The van der Waals surface area contributed by atoms with Crippen LogP contribution in [-0.4, -0.2) is 12.8 Å². The number of nitrogens with one attached hydrogen (secondary N) is 1. The molecule has 0 atom stereocenters. The van der Waals surface area contributed by atoms with Gasteiger partial charge in [-0.1, -0.05) is 6.92 Å². The van der Waals surface area contributed by atoms with Gasteiger partial charge in [-0.25, -0.2) is 4.99 Å². The van der Waals surface area contributed by atoms with Crippen LogP contribution in [0.1, 0.15) is 27.2 Å². The lowest BCUT2D eigenvalue weighted by Gasteiger charge is -2.00. The molecule has 0 bridgehead atoms. The second-order valence-electron chi connectivity index (χ2n) is 1.92. The molecule has 0 heterocycles. The number of nitrogens with zero attached hydrogens (tertiary/aromatic N) is 1. The molecule has 0 spiro atoms. The molecule has 0 saturated heterocycles. The zero-order valence-electron chi connectivity index (χ0n) is 7.02. The van der Waals surface area contributed by atoms with Crippen molar-refractivity contribution in [3.8, 4) is 0 Å². The maximum atomic E-state index is 4.13. The van der Waals surface area contributed by atoms with E-state index in [4.69, 9.17) is 0 Å². The van der Waals surface area contributed by atoms with E-state index in [0.29, 0.717) is 0 Å².